The molecule has 164 valence electrons. The second kappa shape index (κ2) is 9.14. The molecule has 8 heteroatoms. The number of urea groups is 1. The predicted molar refractivity (Wildman–Crippen MR) is 118 cm³/mol. The number of carbonyl (C=O) groups excluding carboxylic acids is 3. The van der Waals surface area contributed by atoms with Gasteiger partial charge in [-0.25, -0.2) is 4.79 Å². The minimum Gasteiger partial charge on any atom is -0.352 e. The third-order valence-corrected chi connectivity index (χ3v) is 6.47. The molecule has 1 aromatic carbocycles. The zero-order valence-corrected chi connectivity index (χ0v) is 18.2. The number of benzene rings is 1. The van der Waals surface area contributed by atoms with Crippen molar-refractivity contribution in [2.24, 2.45) is 0 Å². The highest BCUT2D eigenvalue weighted by Gasteiger charge is 2.44. The first-order valence-electron chi connectivity index (χ1n) is 10.7. The fraction of sp³-hybridized carbons (Fsp3) is 0.435. The SMILES string of the molecule is C=CCN1C(=O)N[C@@H](c2ccccc2Cl)C2=C1CN(CC(=O)NC1CCCCC1)C2=O. The van der Waals surface area contributed by atoms with E-state index in [-0.39, 0.29) is 43.5 Å². The Morgan fingerprint density at radius 3 is 2.68 bits per heavy atom. The van der Waals surface area contributed by atoms with Crippen molar-refractivity contribution < 1.29 is 14.4 Å². The molecule has 1 aromatic rings. The maximum atomic E-state index is 13.4. The predicted octanol–water partition coefficient (Wildman–Crippen LogP) is 3.14. The van der Waals surface area contributed by atoms with Gasteiger partial charge in [-0.1, -0.05) is 55.1 Å². The quantitative estimate of drug-likeness (QED) is 0.664. The van der Waals surface area contributed by atoms with Gasteiger partial charge in [0, 0.05) is 17.6 Å². The molecule has 4 rings (SSSR count). The van der Waals surface area contributed by atoms with Gasteiger partial charge in [0.25, 0.3) is 5.91 Å². The van der Waals surface area contributed by atoms with Crippen molar-refractivity contribution in [1.82, 2.24) is 20.4 Å². The van der Waals surface area contributed by atoms with E-state index >= 15 is 0 Å². The molecular weight excluding hydrogens is 416 g/mol. The van der Waals surface area contributed by atoms with Crippen LogP contribution in [0.5, 0.6) is 0 Å². The van der Waals surface area contributed by atoms with E-state index < -0.39 is 6.04 Å². The first-order valence-corrected chi connectivity index (χ1v) is 11.1. The van der Waals surface area contributed by atoms with E-state index in [1.807, 2.05) is 6.07 Å². The summed E-state index contributed by atoms with van der Waals surface area (Å²) in [6.45, 7) is 4.16. The number of amides is 4. The van der Waals surface area contributed by atoms with Gasteiger partial charge in [0.05, 0.1) is 23.9 Å². The number of rotatable bonds is 6. The number of nitrogens with one attached hydrogen (secondary N) is 2. The van der Waals surface area contributed by atoms with E-state index in [2.05, 4.69) is 17.2 Å². The first kappa shape index (κ1) is 21.4. The summed E-state index contributed by atoms with van der Waals surface area (Å²) in [5.74, 6) is -0.420. The first-order chi connectivity index (χ1) is 15.0. The summed E-state index contributed by atoms with van der Waals surface area (Å²) in [6.07, 6.45) is 7.02. The van der Waals surface area contributed by atoms with Crippen molar-refractivity contribution in [3.05, 3.63) is 58.8 Å². The molecule has 0 aromatic heterocycles. The lowest BCUT2D eigenvalue weighted by atomic mass is 9.95. The fourth-order valence-corrected chi connectivity index (χ4v) is 4.88. The maximum absolute atomic E-state index is 13.4. The third-order valence-electron chi connectivity index (χ3n) is 6.13. The van der Waals surface area contributed by atoms with Crippen LogP contribution in [-0.4, -0.2) is 53.3 Å². The summed E-state index contributed by atoms with van der Waals surface area (Å²) in [5, 5.41) is 6.43. The minimum atomic E-state index is -0.656. The van der Waals surface area contributed by atoms with Crippen molar-refractivity contribution in [2.75, 3.05) is 19.6 Å². The lowest BCUT2D eigenvalue weighted by Gasteiger charge is -2.33. The molecule has 2 heterocycles. The van der Waals surface area contributed by atoms with Crippen LogP contribution in [0.1, 0.15) is 43.7 Å². The Balaban J connectivity index is 1.57. The van der Waals surface area contributed by atoms with Crippen LogP contribution >= 0.6 is 11.6 Å². The van der Waals surface area contributed by atoms with E-state index in [0.29, 0.717) is 21.9 Å². The van der Waals surface area contributed by atoms with Crippen LogP contribution in [0.15, 0.2) is 48.2 Å². The summed E-state index contributed by atoms with van der Waals surface area (Å²) in [7, 11) is 0. The molecule has 0 bridgehead atoms. The number of halogens is 1. The zero-order chi connectivity index (χ0) is 22.0. The highest BCUT2D eigenvalue weighted by Crippen LogP contribution is 2.38. The maximum Gasteiger partial charge on any atom is 0.322 e. The van der Waals surface area contributed by atoms with Crippen LogP contribution in [0.2, 0.25) is 5.02 Å². The molecule has 1 fully saturated rings. The van der Waals surface area contributed by atoms with E-state index in [0.717, 1.165) is 25.7 Å². The number of hydrogen-bond donors (Lipinski definition) is 2. The minimum absolute atomic E-state index is 0.0340. The molecule has 1 atom stereocenters. The third kappa shape index (κ3) is 4.32. The molecule has 3 aliphatic rings. The molecule has 0 radical (unpaired) electrons. The van der Waals surface area contributed by atoms with Gasteiger partial charge in [-0.15, -0.1) is 6.58 Å². The molecule has 1 saturated carbocycles. The Morgan fingerprint density at radius 1 is 1.23 bits per heavy atom. The van der Waals surface area contributed by atoms with Gasteiger partial charge in [0.15, 0.2) is 0 Å². The summed E-state index contributed by atoms with van der Waals surface area (Å²) < 4.78 is 0. The smallest absolute Gasteiger partial charge is 0.322 e. The lowest BCUT2D eigenvalue weighted by Crippen LogP contribution is -2.47. The molecule has 0 unspecified atom stereocenters. The molecular formula is C23H27ClN4O3. The number of carbonyl (C=O) groups is 3. The van der Waals surface area contributed by atoms with Crippen LogP contribution in [0.25, 0.3) is 0 Å². The monoisotopic (exact) mass is 442 g/mol. The van der Waals surface area contributed by atoms with Gasteiger partial charge in [0.2, 0.25) is 5.91 Å². The molecule has 31 heavy (non-hydrogen) atoms. The Bertz CT molecular complexity index is 939. The Morgan fingerprint density at radius 2 is 1.97 bits per heavy atom. The highest BCUT2D eigenvalue weighted by molar-refractivity contribution is 6.31. The van der Waals surface area contributed by atoms with Crippen LogP contribution < -0.4 is 10.6 Å². The van der Waals surface area contributed by atoms with Crippen molar-refractivity contribution >= 4 is 29.4 Å². The second-order valence-electron chi connectivity index (χ2n) is 8.23. The summed E-state index contributed by atoms with van der Waals surface area (Å²) in [4.78, 5) is 41.8. The average molecular weight is 443 g/mol. The van der Waals surface area contributed by atoms with Gasteiger partial charge in [0.1, 0.15) is 6.54 Å². The van der Waals surface area contributed by atoms with E-state index in [1.165, 1.54) is 16.2 Å². The summed E-state index contributed by atoms with van der Waals surface area (Å²) >= 11 is 6.38. The number of hydrogen-bond acceptors (Lipinski definition) is 3. The van der Waals surface area contributed by atoms with Crippen LogP contribution in [0, 0.1) is 0 Å². The van der Waals surface area contributed by atoms with Crippen LogP contribution in [0.4, 0.5) is 4.79 Å². The van der Waals surface area contributed by atoms with Gasteiger partial charge in [-0.05, 0) is 24.5 Å². The largest absolute Gasteiger partial charge is 0.352 e. The van der Waals surface area contributed by atoms with Gasteiger partial charge in [-0.3, -0.25) is 14.5 Å². The molecule has 0 saturated heterocycles. The van der Waals surface area contributed by atoms with Gasteiger partial charge < -0.3 is 15.5 Å². The Hall–Kier alpha value is -2.80. The van der Waals surface area contributed by atoms with Crippen LogP contribution in [-0.2, 0) is 9.59 Å². The Kier molecular flexibility index (Phi) is 6.32. The van der Waals surface area contributed by atoms with Crippen molar-refractivity contribution in [3.63, 3.8) is 0 Å². The molecule has 1 aliphatic carbocycles. The average Bonchev–Trinajstić information content (AvgIpc) is 3.07. The summed E-state index contributed by atoms with van der Waals surface area (Å²) in [6, 6.07) is 6.35. The van der Waals surface area contributed by atoms with Crippen molar-refractivity contribution in [3.8, 4) is 0 Å². The molecule has 7 nitrogen and oxygen atoms in total. The normalized spacial score (nSPS) is 21.8. The molecule has 2 N–H and O–H groups in total. The van der Waals surface area contributed by atoms with Crippen LogP contribution in [0.3, 0.4) is 0 Å². The molecule has 2 aliphatic heterocycles. The summed E-state index contributed by atoms with van der Waals surface area (Å²) in [5.41, 5.74) is 1.72. The van der Waals surface area contributed by atoms with E-state index in [1.54, 1.807) is 24.3 Å². The van der Waals surface area contributed by atoms with Crippen molar-refractivity contribution in [1.29, 1.82) is 0 Å². The topological polar surface area (TPSA) is 81.8 Å². The van der Waals surface area contributed by atoms with Gasteiger partial charge in [-0.2, -0.15) is 0 Å². The van der Waals surface area contributed by atoms with Gasteiger partial charge >= 0.3 is 6.03 Å². The standard InChI is InChI=1S/C23H27ClN4O3/c1-2-12-28-18-13-27(14-19(29)25-15-8-4-3-5-9-15)22(30)20(18)21(26-23(28)31)16-10-6-7-11-17(16)24/h2,6-7,10-11,15,21H,1,3-5,8-9,12-14H2,(H,25,29)(H,26,31)/t21-/m0/s1. The second-order valence-corrected chi connectivity index (χ2v) is 8.63. The zero-order valence-electron chi connectivity index (χ0n) is 17.4. The molecule has 4 amide bonds. The highest BCUT2D eigenvalue weighted by atomic mass is 35.5. The molecule has 0 spiro atoms. The number of nitrogens with zero attached hydrogens (tertiary/aromatic N) is 2. The van der Waals surface area contributed by atoms with E-state index in [9.17, 15) is 14.4 Å². The van der Waals surface area contributed by atoms with E-state index in [4.69, 9.17) is 11.6 Å². The fourth-order valence-electron chi connectivity index (χ4n) is 4.63. The Labute approximate surface area is 187 Å². The lowest BCUT2D eigenvalue weighted by molar-refractivity contribution is -0.132. The van der Waals surface area contributed by atoms with Crippen molar-refractivity contribution in [2.45, 2.75) is 44.2 Å².